The SMILES string of the molecule is Cc1ccc(C#N)c(SC(C[C@H]2COC(=O)N2C(=O)OC(C)(C)C)c2ccno2)n1. The largest absolute Gasteiger partial charge is 0.447 e. The van der Waals surface area contributed by atoms with Gasteiger partial charge in [0.25, 0.3) is 0 Å². The molecule has 2 atom stereocenters. The molecule has 1 unspecified atom stereocenters. The summed E-state index contributed by atoms with van der Waals surface area (Å²) < 4.78 is 15.8. The molecule has 9 nitrogen and oxygen atoms in total. The van der Waals surface area contributed by atoms with Crippen LogP contribution in [0.2, 0.25) is 0 Å². The molecule has 2 amide bonds. The highest BCUT2D eigenvalue weighted by molar-refractivity contribution is 7.99. The maximum absolute atomic E-state index is 12.6. The predicted octanol–water partition coefficient (Wildman–Crippen LogP) is 4.23. The standard InChI is InChI=1S/C20H22N4O5S/c1-12-5-6-13(10-21)17(23-12)30-16(15-7-8-22-29-15)9-14-11-27-18(25)24(14)19(26)28-20(2,3)4/h5-8,14,16H,9,11H2,1-4H3/t14-,16?/m0/s1. The highest BCUT2D eigenvalue weighted by Crippen LogP contribution is 2.40. The molecule has 0 aliphatic carbocycles. The normalized spacial score (nSPS) is 17.4. The van der Waals surface area contributed by atoms with Crippen LogP contribution >= 0.6 is 11.8 Å². The van der Waals surface area contributed by atoms with Gasteiger partial charge in [0.15, 0.2) is 0 Å². The lowest BCUT2D eigenvalue weighted by Crippen LogP contribution is -2.42. The van der Waals surface area contributed by atoms with Crippen molar-refractivity contribution in [3.05, 3.63) is 41.4 Å². The Kier molecular flexibility index (Phi) is 6.31. The van der Waals surface area contributed by atoms with E-state index >= 15 is 0 Å². The van der Waals surface area contributed by atoms with Crippen LogP contribution in [-0.2, 0) is 9.47 Å². The number of imide groups is 1. The van der Waals surface area contributed by atoms with Crippen molar-refractivity contribution in [3.8, 4) is 6.07 Å². The van der Waals surface area contributed by atoms with E-state index in [1.54, 1.807) is 39.0 Å². The fourth-order valence-corrected chi connectivity index (χ4v) is 4.14. The van der Waals surface area contributed by atoms with Gasteiger partial charge in [0.1, 0.15) is 29.1 Å². The lowest BCUT2D eigenvalue weighted by molar-refractivity contribution is 0.0286. The fourth-order valence-electron chi connectivity index (χ4n) is 2.87. The minimum absolute atomic E-state index is 0.0373. The first-order valence-corrected chi connectivity index (χ1v) is 10.2. The Morgan fingerprint density at radius 1 is 1.43 bits per heavy atom. The Bertz CT molecular complexity index is 965. The van der Waals surface area contributed by atoms with E-state index in [9.17, 15) is 14.9 Å². The summed E-state index contributed by atoms with van der Waals surface area (Å²) >= 11 is 1.31. The monoisotopic (exact) mass is 430 g/mol. The number of ether oxygens (including phenoxy) is 2. The second kappa shape index (κ2) is 8.75. The van der Waals surface area contributed by atoms with Crippen LogP contribution in [0.1, 0.15) is 49.5 Å². The van der Waals surface area contributed by atoms with Crippen LogP contribution in [0.5, 0.6) is 0 Å². The highest BCUT2D eigenvalue weighted by atomic mass is 32.2. The fraction of sp³-hybridized carbons (Fsp3) is 0.450. The number of hydrogen-bond donors (Lipinski definition) is 0. The number of hydrogen-bond acceptors (Lipinski definition) is 9. The topological polar surface area (TPSA) is 119 Å². The molecule has 1 saturated heterocycles. The first-order valence-electron chi connectivity index (χ1n) is 9.32. The maximum Gasteiger partial charge on any atom is 0.420 e. The lowest BCUT2D eigenvalue weighted by atomic mass is 10.1. The second-order valence-electron chi connectivity index (χ2n) is 7.76. The van der Waals surface area contributed by atoms with Crippen LogP contribution in [0.25, 0.3) is 0 Å². The molecule has 3 heterocycles. The Labute approximate surface area is 178 Å². The van der Waals surface area contributed by atoms with Crippen LogP contribution in [0.15, 0.2) is 33.9 Å². The van der Waals surface area contributed by atoms with Gasteiger partial charge in [0.05, 0.1) is 23.1 Å². The molecule has 0 spiro atoms. The average molecular weight is 430 g/mol. The Hall–Kier alpha value is -3.06. The molecule has 30 heavy (non-hydrogen) atoms. The van der Waals surface area contributed by atoms with Gasteiger partial charge in [-0.1, -0.05) is 16.9 Å². The van der Waals surface area contributed by atoms with Crippen molar-refractivity contribution in [2.45, 2.75) is 56.0 Å². The molecule has 1 fully saturated rings. The number of aromatic nitrogens is 2. The van der Waals surface area contributed by atoms with E-state index in [0.29, 0.717) is 22.8 Å². The number of nitriles is 1. The molecule has 10 heteroatoms. The number of pyridine rings is 1. The van der Waals surface area contributed by atoms with Gasteiger partial charge in [0.2, 0.25) is 0 Å². The van der Waals surface area contributed by atoms with Crippen molar-refractivity contribution in [2.75, 3.05) is 6.61 Å². The summed E-state index contributed by atoms with van der Waals surface area (Å²) in [4.78, 5) is 30.2. The van der Waals surface area contributed by atoms with E-state index in [4.69, 9.17) is 14.0 Å². The average Bonchev–Trinajstić information content (AvgIpc) is 3.30. The molecule has 0 saturated carbocycles. The van der Waals surface area contributed by atoms with Gasteiger partial charge in [0, 0.05) is 11.8 Å². The number of amides is 2. The highest BCUT2D eigenvalue weighted by Gasteiger charge is 2.42. The summed E-state index contributed by atoms with van der Waals surface area (Å²) in [7, 11) is 0. The van der Waals surface area contributed by atoms with Crippen molar-refractivity contribution in [2.24, 2.45) is 0 Å². The summed E-state index contributed by atoms with van der Waals surface area (Å²) in [6.45, 7) is 7.04. The van der Waals surface area contributed by atoms with Gasteiger partial charge in [-0.2, -0.15) is 5.26 Å². The predicted molar refractivity (Wildman–Crippen MR) is 107 cm³/mol. The Morgan fingerprint density at radius 2 is 2.20 bits per heavy atom. The van der Waals surface area contributed by atoms with E-state index in [1.807, 2.05) is 6.92 Å². The summed E-state index contributed by atoms with van der Waals surface area (Å²) in [5.41, 5.74) is 0.442. The van der Waals surface area contributed by atoms with E-state index in [-0.39, 0.29) is 11.9 Å². The third-order valence-corrected chi connectivity index (χ3v) is 5.43. The second-order valence-corrected chi connectivity index (χ2v) is 8.95. The molecule has 1 aliphatic heterocycles. The first-order chi connectivity index (χ1) is 14.2. The van der Waals surface area contributed by atoms with Crippen molar-refractivity contribution in [1.82, 2.24) is 15.0 Å². The minimum Gasteiger partial charge on any atom is -0.447 e. The number of carbonyl (C=O) groups is 2. The molecule has 0 bridgehead atoms. The third kappa shape index (κ3) is 5.10. The zero-order chi connectivity index (χ0) is 21.9. The maximum atomic E-state index is 12.6. The van der Waals surface area contributed by atoms with Gasteiger partial charge >= 0.3 is 12.2 Å². The molecular weight excluding hydrogens is 408 g/mol. The summed E-state index contributed by atoms with van der Waals surface area (Å²) in [6.07, 6.45) is 0.315. The molecular formula is C20H22N4O5S. The zero-order valence-corrected chi connectivity index (χ0v) is 17.9. The smallest absolute Gasteiger partial charge is 0.420 e. The lowest BCUT2D eigenvalue weighted by Gasteiger charge is -2.26. The number of cyclic esters (lactones) is 1. The van der Waals surface area contributed by atoms with Gasteiger partial charge < -0.3 is 14.0 Å². The van der Waals surface area contributed by atoms with Gasteiger partial charge in [-0.05, 0) is 46.2 Å². The van der Waals surface area contributed by atoms with Crippen LogP contribution in [0.3, 0.4) is 0 Å². The molecule has 158 valence electrons. The number of carbonyl (C=O) groups excluding carboxylic acids is 2. The number of thioether (sulfide) groups is 1. The molecule has 0 radical (unpaired) electrons. The van der Waals surface area contributed by atoms with E-state index < -0.39 is 23.8 Å². The molecule has 2 aromatic rings. The van der Waals surface area contributed by atoms with Crippen molar-refractivity contribution in [3.63, 3.8) is 0 Å². The van der Waals surface area contributed by atoms with Crippen LogP contribution < -0.4 is 0 Å². The molecule has 3 rings (SSSR count). The van der Waals surface area contributed by atoms with Crippen molar-refractivity contribution in [1.29, 1.82) is 5.26 Å². The van der Waals surface area contributed by atoms with Crippen molar-refractivity contribution < 1.29 is 23.6 Å². The van der Waals surface area contributed by atoms with Gasteiger partial charge in [-0.3, -0.25) is 0 Å². The number of nitrogens with zero attached hydrogens (tertiary/aromatic N) is 4. The summed E-state index contributed by atoms with van der Waals surface area (Å²) in [5, 5.41) is 13.4. The molecule has 0 N–H and O–H groups in total. The van der Waals surface area contributed by atoms with E-state index in [2.05, 4.69) is 16.2 Å². The number of rotatable bonds is 5. The summed E-state index contributed by atoms with van der Waals surface area (Å²) in [5.74, 6) is 0.538. The number of aryl methyl sites for hydroxylation is 1. The zero-order valence-electron chi connectivity index (χ0n) is 17.1. The molecule has 0 aromatic carbocycles. The summed E-state index contributed by atoms with van der Waals surface area (Å²) in [6, 6.07) is 6.74. The van der Waals surface area contributed by atoms with Gasteiger partial charge in [-0.25, -0.2) is 19.5 Å². The van der Waals surface area contributed by atoms with Gasteiger partial charge in [-0.15, -0.1) is 0 Å². The molecule has 1 aliphatic rings. The quantitative estimate of drug-likeness (QED) is 0.642. The van der Waals surface area contributed by atoms with Crippen LogP contribution in [0.4, 0.5) is 9.59 Å². The third-order valence-electron chi connectivity index (χ3n) is 4.19. The Morgan fingerprint density at radius 3 is 2.83 bits per heavy atom. The van der Waals surface area contributed by atoms with Crippen LogP contribution in [0, 0.1) is 18.3 Å². The van der Waals surface area contributed by atoms with Crippen LogP contribution in [-0.4, -0.2) is 45.5 Å². The first kappa shape index (κ1) is 21.6. The molecule has 2 aromatic heterocycles. The van der Waals surface area contributed by atoms with E-state index in [0.717, 1.165) is 10.6 Å². The minimum atomic E-state index is -0.761. The van der Waals surface area contributed by atoms with E-state index in [1.165, 1.54) is 18.0 Å². The Balaban J connectivity index is 1.85. The van der Waals surface area contributed by atoms with Crippen molar-refractivity contribution >= 4 is 23.9 Å².